The Morgan fingerprint density at radius 3 is 2.43 bits per heavy atom. The number of hydrogen-bond donors (Lipinski definition) is 2. The van der Waals surface area contributed by atoms with Crippen LogP contribution in [-0.2, 0) is 6.54 Å². The zero-order valence-corrected chi connectivity index (χ0v) is 14.4. The molecular formula is C17H27N3O3. The Balaban J connectivity index is 2.73. The van der Waals surface area contributed by atoms with Gasteiger partial charge in [0.05, 0.1) is 14.2 Å². The van der Waals surface area contributed by atoms with Crippen molar-refractivity contribution in [2.24, 2.45) is 4.99 Å². The van der Waals surface area contributed by atoms with E-state index in [0.717, 1.165) is 30.9 Å². The summed E-state index contributed by atoms with van der Waals surface area (Å²) in [5.41, 5.74) is 0.928. The fraction of sp³-hybridized carbons (Fsp3) is 0.471. The summed E-state index contributed by atoms with van der Waals surface area (Å²) in [6.07, 6.45) is 3.92. The van der Waals surface area contributed by atoms with Crippen LogP contribution in [0.25, 0.3) is 0 Å². The number of benzene rings is 1. The highest BCUT2D eigenvalue weighted by Gasteiger charge is 2.12. The monoisotopic (exact) mass is 321 g/mol. The number of nitrogens with zero attached hydrogens (tertiary/aromatic N) is 2. The smallest absolute Gasteiger partial charge is 0.200 e. The van der Waals surface area contributed by atoms with Gasteiger partial charge in [-0.25, -0.2) is 0 Å². The lowest BCUT2D eigenvalue weighted by Gasteiger charge is -2.22. The van der Waals surface area contributed by atoms with Crippen LogP contribution < -0.4 is 14.8 Å². The second kappa shape index (κ2) is 9.61. The van der Waals surface area contributed by atoms with E-state index in [1.54, 1.807) is 19.2 Å². The predicted molar refractivity (Wildman–Crippen MR) is 93.5 cm³/mol. The molecule has 0 aliphatic heterocycles. The summed E-state index contributed by atoms with van der Waals surface area (Å²) in [7, 11) is 6.77. The predicted octanol–water partition coefficient (Wildman–Crippen LogP) is 2.38. The Morgan fingerprint density at radius 2 is 1.96 bits per heavy atom. The zero-order chi connectivity index (χ0) is 17.2. The van der Waals surface area contributed by atoms with Gasteiger partial charge in [-0.3, -0.25) is 4.99 Å². The Bertz CT molecular complexity index is 519. The normalized spacial score (nSPS) is 11.0. The van der Waals surface area contributed by atoms with Crippen molar-refractivity contribution in [3.05, 3.63) is 30.4 Å². The number of allylic oxidation sites excluding steroid dienone is 1. The van der Waals surface area contributed by atoms with Crippen LogP contribution in [0.2, 0.25) is 0 Å². The average molecular weight is 321 g/mol. The van der Waals surface area contributed by atoms with E-state index in [4.69, 9.17) is 9.47 Å². The van der Waals surface area contributed by atoms with E-state index in [1.807, 2.05) is 13.1 Å². The second-order valence-corrected chi connectivity index (χ2v) is 5.10. The number of guanidine groups is 1. The quantitative estimate of drug-likeness (QED) is 0.333. The van der Waals surface area contributed by atoms with Crippen LogP contribution >= 0.6 is 0 Å². The highest BCUT2D eigenvalue weighted by atomic mass is 16.5. The molecule has 1 aromatic rings. The minimum Gasteiger partial charge on any atom is -0.502 e. The van der Waals surface area contributed by atoms with Gasteiger partial charge < -0.3 is 24.8 Å². The molecule has 0 unspecified atom stereocenters. The van der Waals surface area contributed by atoms with Crippen LogP contribution in [0.4, 0.5) is 0 Å². The lowest BCUT2D eigenvalue weighted by molar-refractivity contribution is 0.339. The number of phenols is 1. The fourth-order valence-corrected chi connectivity index (χ4v) is 2.19. The molecule has 0 radical (unpaired) electrons. The summed E-state index contributed by atoms with van der Waals surface area (Å²) in [5, 5.41) is 13.2. The van der Waals surface area contributed by atoms with Gasteiger partial charge in [-0.15, -0.1) is 6.58 Å². The number of aromatic hydroxyl groups is 1. The number of phenolic OH excluding ortho intramolecular Hbond substituents is 1. The van der Waals surface area contributed by atoms with E-state index in [9.17, 15) is 5.11 Å². The summed E-state index contributed by atoms with van der Waals surface area (Å²) < 4.78 is 10.3. The Labute approximate surface area is 138 Å². The van der Waals surface area contributed by atoms with E-state index in [1.165, 1.54) is 14.2 Å². The van der Waals surface area contributed by atoms with Crippen LogP contribution in [0, 0.1) is 0 Å². The number of methoxy groups -OCH3 is 2. The third-order valence-electron chi connectivity index (χ3n) is 3.47. The molecule has 0 atom stereocenters. The molecule has 0 spiro atoms. The molecule has 6 heteroatoms. The van der Waals surface area contributed by atoms with Crippen LogP contribution in [-0.4, -0.2) is 50.8 Å². The van der Waals surface area contributed by atoms with Gasteiger partial charge >= 0.3 is 0 Å². The first-order valence-electron chi connectivity index (χ1n) is 7.53. The maximum absolute atomic E-state index is 9.94. The SMILES string of the molecule is C=CCCCN(C)C(=NC)NCc1cc(OC)c(O)c(OC)c1. The van der Waals surface area contributed by atoms with Crippen LogP contribution in [0.3, 0.4) is 0 Å². The minimum atomic E-state index is 0.00433. The maximum atomic E-state index is 9.94. The van der Waals surface area contributed by atoms with Crippen molar-refractivity contribution in [2.45, 2.75) is 19.4 Å². The molecule has 0 heterocycles. The molecule has 0 aliphatic carbocycles. The number of ether oxygens (including phenoxy) is 2. The molecule has 6 nitrogen and oxygen atoms in total. The molecule has 0 fully saturated rings. The summed E-state index contributed by atoms with van der Waals surface area (Å²) in [4.78, 5) is 6.35. The van der Waals surface area contributed by atoms with Gasteiger partial charge in [-0.2, -0.15) is 0 Å². The zero-order valence-electron chi connectivity index (χ0n) is 14.4. The third kappa shape index (κ3) is 5.39. The molecule has 0 saturated heterocycles. The minimum absolute atomic E-state index is 0.00433. The number of hydrogen-bond acceptors (Lipinski definition) is 4. The van der Waals surface area contributed by atoms with Gasteiger partial charge in [0.15, 0.2) is 17.5 Å². The van der Waals surface area contributed by atoms with E-state index in [2.05, 4.69) is 21.8 Å². The molecule has 0 aliphatic rings. The molecule has 1 rings (SSSR count). The molecule has 2 N–H and O–H groups in total. The van der Waals surface area contributed by atoms with Gasteiger partial charge in [-0.05, 0) is 30.5 Å². The fourth-order valence-electron chi connectivity index (χ4n) is 2.19. The standard InChI is InChI=1S/C17H27N3O3/c1-6-7-8-9-20(3)17(18-2)19-12-13-10-14(22-4)16(21)15(11-13)23-5/h6,10-11,21H,1,7-9,12H2,2-5H3,(H,18,19). The van der Waals surface area contributed by atoms with Gasteiger partial charge in [0.2, 0.25) is 5.75 Å². The third-order valence-corrected chi connectivity index (χ3v) is 3.47. The van der Waals surface area contributed by atoms with Crippen molar-refractivity contribution in [3.8, 4) is 17.2 Å². The topological polar surface area (TPSA) is 66.3 Å². The molecule has 0 amide bonds. The molecule has 23 heavy (non-hydrogen) atoms. The van der Waals surface area contributed by atoms with Crippen molar-refractivity contribution >= 4 is 5.96 Å². The van der Waals surface area contributed by atoms with Crippen molar-refractivity contribution < 1.29 is 14.6 Å². The largest absolute Gasteiger partial charge is 0.502 e. The Morgan fingerprint density at radius 1 is 1.35 bits per heavy atom. The van der Waals surface area contributed by atoms with Gasteiger partial charge in [-0.1, -0.05) is 6.08 Å². The summed E-state index contributed by atoms with van der Waals surface area (Å²) in [6.45, 7) is 5.17. The molecule has 0 bridgehead atoms. The number of aliphatic imine (C=N–C) groups is 1. The Kier molecular flexibility index (Phi) is 7.80. The number of nitrogens with one attached hydrogen (secondary N) is 1. The first kappa shape index (κ1) is 18.7. The average Bonchev–Trinajstić information content (AvgIpc) is 2.56. The molecule has 128 valence electrons. The molecule has 0 saturated carbocycles. The summed E-state index contributed by atoms with van der Waals surface area (Å²) >= 11 is 0. The van der Waals surface area contributed by atoms with Crippen molar-refractivity contribution in [2.75, 3.05) is 34.9 Å². The summed E-state index contributed by atoms with van der Waals surface area (Å²) in [6, 6.07) is 3.55. The highest BCUT2D eigenvalue weighted by Crippen LogP contribution is 2.36. The van der Waals surface area contributed by atoms with Crippen molar-refractivity contribution in [1.82, 2.24) is 10.2 Å². The van der Waals surface area contributed by atoms with Gasteiger partial charge in [0.25, 0.3) is 0 Å². The maximum Gasteiger partial charge on any atom is 0.200 e. The van der Waals surface area contributed by atoms with E-state index in [0.29, 0.717) is 18.0 Å². The van der Waals surface area contributed by atoms with Crippen LogP contribution in [0.1, 0.15) is 18.4 Å². The molecular weight excluding hydrogens is 294 g/mol. The van der Waals surface area contributed by atoms with Crippen LogP contribution in [0.5, 0.6) is 17.2 Å². The lowest BCUT2D eigenvalue weighted by atomic mass is 10.2. The van der Waals surface area contributed by atoms with E-state index in [-0.39, 0.29) is 5.75 Å². The van der Waals surface area contributed by atoms with E-state index >= 15 is 0 Å². The first-order valence-corrected chi connectivity index (χ1v) is 7.53. The second-order valence-electron chi connectivity index (χ2n) is 5.10. The number of rotatable bonds is 8. The molecule has 1 aromatic carbocycles. The van der Waals surface area contributed by atoms with Gasteiger partial charge in [0.1, 0.15) is 0 Å². The van der Waals surface area contributed by atoms with Crippen molar-refractivity contribution in [1.29, 1.82) is 0 Å². The van der Waals surface area contributed by atoms with Gasteiger partial charge in [0, 0.05) is 27.2 Å². The van der Waals surface area contributed by atoms with E-state index < -0.39 is 0 Å². The Hall–Kier alpha value is -2.37. The highest BCUT2D eigenvalue weighted by molar-refractivity contribution is 5.79. The van der Waals surface area contributed by atoms with Crippen molar-refractivity contribution in [3.63, 3.8) is 0 Å². The first-order chi connectivity index (χ1) is 11.1. The van der Waals surface area contributed by atoms with Crippen LogP contribution in [0.15, 0.2) is 29.8 Å². The summed E-state index contributed by atoms with van der Waals surface area (Å²) in [5.74, 6) is 1.58. The molecule has 0 aromatic heterocycles. The number of unbranched alkanes of at least 4 members (excludes halogenated alkanes) is 1. The lowest BCUT2D eigenvalue weighted by Crippen LogP contribution is -2.38.